The highest BCUT2D eigenvalue weighted by molar-refractivity contribution is 5.23. The molecule has 1 saturated carbocycles. The summed E-state index contributed by atoms with van der Waals surface area (Å²) in [7, 11) is 0. The Morgan fingerprint density at radius 3 is 2.65 bits per heavy atom. The normalized spacial score (nSPS) is 36.2. The molecule has 98 valence electrons. The maximum atomic E-state index is 6.00. The molecule has 0 amide bonds. The van der Waals surface area contributed by atoms with E-state index in [-0.39, 0.29) is 0 Å². The zero-order chi connectivity index (χ0) is 13.1. The predicted octanol–water partition coefficient (Wildman–Crippen LogP) is 4.74. The standard InChI is InChI=1S/C15H24.H2O2/c1-11(2)13-8-9-14-7-5-6-12(3)15(14,4)10-13;1-2/h7,12-13H,1,5-6,8-10H2,2-4H3;1-2H/t12-,13-,15+;/m1./s1. The van der Waals surface area contributed by atoms with Crippen LogP contribution in [-0.2, 0) is 0 Å². The number of hydrogen-bond donors (Lipinski definition) is 2. The van der Waals surface area contributed by atoms with Crippen LogP contribution in [0.2, 0.25) is 0 Å². The zero-order valence-electron chi connectivity index (χ0n) is 11.4. The molecule has 0 aromatic carbocycles. The fourth-order valence-corrected chi connectivity index (χ4v) is 3.46. The van der Waals surface area contributed by atoms with E-state index in [1.54, 1.807) is 5.57 Å². The van der Waals surface area contributed by atoms with Gasteiger partial charge in [0, 0.05) is 0 Å². The van der Waals surface area contributed by atoms with Crippen LogP contribution in [0.15, 0.2) is 23.8 Å². The Bertz CT molecular complexity index is 306. The Morgan fingerprint density at radius 1 is 1.41 bits per heavy atom. The van der Waals surface area contributed by atoms with E-state index in [0.29, 0.717) is 5.41 Å². The first-order valence-electron chi connectivity index (χ1n) is 6.59. The van der Waals surface area contributed by atoms with Crippen molar-refractivity contribution >= 4 is 0 Å². The van der Waals surface area contributed by atoms with Crippen molar-refractivity contribution in [2.45, 2.75) is 52.9 Å². The third-order valence-corrected chi connectivity index (χ3v) is 4.94. The van der Waals surface area contributed by atoms with E-state index in [0.717, 1.165) is 11.8 Å². The predicted molar refractivity (Wildman–Crippen MR) is 72.0 cm³/mol. The second-order valence-corrected chi connectivity index (χ2v) is 5.91. The summed E-state index contributed by atoms with van der Waals surface area (Å²) in [4.78, 5) is 0. The van der Waals surface area contributed by atoms with Crippen molar-refractivity contribution in [2.24, 2.45) is 17.3 Å². The average Bonchev–Trinajstić information content (AvgIpc) is 2.32. The summed E-state index contributed by atoms with van der Waals surface area (Å²) in [5.74, 6) is 1.63. The van der Waals surface area contributed by atoms with Crippen LogP contribution in [0, 0.1) is 17.3 Å². The van der Waals surface area contributed by atoms with Gasteiger partial charge < -0.3 is 0 Å². The molecule has 0 radical (unpaired) electrons. The molecule has 0 heterocycles. The van der Waals surface area contributed by atoms with E-state index in [9.17, 15) is 0 Å². The van der Waals surface area contributed by atoms with Crippen molar-refractivity contribution in [3.05, 3.63) is 23.8 Å². The van der Waals surface area contributed by atoms with Crippen LogP contribution in [0.5, 0.6) is 0 Å². The second kappa shape index (κ2) is 5.83. The molecule has 0 aromatic rings. The van der Waals surface area contributed by atoms with Crippen LogP contribution in [0.3, 0.4) is 0 Å². The third-order valence-electron chi connectivity index (χ3n) is 4.94. The van der Waals surface area contributed by atoms with Crippen molar-refractivity contribution in [1.29, 1.82) is 0 Å². The van der Waals surface area contributed by atoms with Gasteiger partial charge in [0.15, 0.2) is 0 Å². The molecule has 0 aromatic heterocycles. The molecule has 2 rings (SSSR count). The molecule has 2 N–H and O–H groups in total. The maximum Gasteiger partial charge on any atom is -0.00850 e. The van der Waals surface area contributed by atoms with Crippen LogP contribution in [0.1, 0.15) is 52.9 Å². The van der Waals surface area contributed by atoms with Crippen molar-refractivity contribution in [1.82, 2.24) is 0 Å². The summed E-state index contributed by atoms with van der Waals surface area (Å²) >= 11 is 0. The number of hydrogen-bond acceptors (Lipinski definition) is 2. The quantitative estimate of drug-likeness (QED) is 0.393. The van der Waals surface area contributed by atoms with Crippen LogP contribution >= 0.6 is 0 Å². The Balaban J connectivity index is 0.000000686. The monoisotopic (exact) mass is 238 g/mol. The van der Waals surface area contributed by atoms with E-state index >= 15 is 0 Å². The first-order valence-corrected chi connectivity index (χ1v) is 6.59. The lowest BCUT2D eigenvalue weighted by Gasteiger charge is -2.47. The van der Waals surface area contributed by atoms with Crippen LogP contribution in [-0.4, -0.2) is 10.5 Å². The van der Waals surface area contributed by atoms with E-state index in [2.05, 4.69) is 33.4 Å². The molecular weight excluding hydrogens is 212 g/mol. The second-order valence-electron chi connectivity index (χ2n) is 5.91. The van der Waals surface area contributed by atoms with Crippen molar-refractivity contribution in [2.75, 3.05) is 0 Å². The molecule has 1 fully saturated rings. The smallest absolute Gasteiger partial charge is 0.00850 e. The summed E-state index contributed by atoms with van der Waals surface area (Å²) < 4.78 is 0. The number of fused-ring (bicyclic) bond motifs is 1. The summed E-state index contributed by atoms with van der Waals surface area (Å²) in [6.45, 7) is 11.3. The summed E-state index contributed by atoms with van der Waals surface area (Å²) in [6, 6.07) is 0. The van der Waals surface area contributed by atoms with Gasteiger partial charge in [-0.1, -0.05) is 37.6 Å². The number of allylic oxidation sites excluding steroid dienone is 3. The van der Waals surface area contributed by atoms with Crippen LogP contribution < -0.4 is 0 Å². The van der Waals surface area contributed by atoms with Gasteiger partial charge in [-0.3, -0.25) is 10.5 Å². The molecule has 0 spiro atoms. The lowest BCUT2D eigenvalue weighted by molar-refractivity contribution is -0.176. The maximum absolute atomic E-state index is 6.00. The van der Waals surface area contributed by atoms with E-state index < -0.39 is 0 Å². The van der Waals surface area contributed by atoms with E-state index in [1.165, 1.54) is 37.7 Å². The SMILES string of the molecule is C=C(C)[C@@H]1CCC2=CCC[C@@H](C)[C@]2(C)C1.OO. The minimum atomic E-state index is 0.486. The van der Waals surface area contributed by atoms with Gasteiger partial charge in [-0.25, -0.2) is 0 Å². The van der Waals surface area contributed by atoms with Gasteiger partial charge in [-0.05, 0) is 56.3 Å². The third kappa shape index (κ3) is 2.80. The average molecular weight is 238 g/mol. The molecule has 17 heavy (non-hydrogen) atoms. The van der Waals surface area contributed by atoms with Gasteiger partial charge in [-0.2, -0.15) is 0 Å². The molecule has 2 heteroatoms. The van der Waals surface area contributed by atoms with Crippen molar-refractivity contribution in [3.8, 4) is 0 Å². The Morgan fingerprint density at radius 2 is 2.06 bits per heavy atom. The lowest BCUT2D eigenvalue weighted by atomic mass is 9.58. The highest BCUT2D eigenvalue weighted by Crippen LogP contribution is 2.53. The van der Waals surface area contributed by atoms with Gasteiger partial charge >= 0.3 is 0 Å². The van der Waals surface area contributed by atoms with Gasteiger partial charge in [0.1, 0.15) is 0 Å². The number of rotatable bonds is 1. The van der Waals surface area contributed by atoms with Gasteiger partial charge in [-0.15, -0.1) is 0 Å². The Hall–Kier alpha value is -0.600. The molecule has 2 aliphatic rings. The Labute approximate surface area is 105 Å². The van der Waals surface area contributed by atoms with Gasteiger partial charge in [0.05, 0.1) is 0 Å². The van der Waals surface area contributed by atoms with E-state index in [4.69, 9.17) is 10.5 Å². The molecular formula is C15H26O2. The molecule has 0 saturated heterocycles. The summed E-state index contributed by atoms with van der Waals surface area (Å²) in [5, 5.41) is 12.0. The highest BCUT2D eigenvalue weighted by Gasteiger charge is 2.41. The topological polar surface area (TPSA) is 40.5 Å². The minimum Gasteiger partial charge on any atom is -0.255 e. The fraction of sp³-hybridized carbons (Fsp3) is 0.733. The summed E-state index contributed by atoms with van der Waals surface area (Å²) in [5.41, 5.74) is 3.63. The molecule has 0 aliphatic heterocycles. The van der Waals surface area contributed by atoms with Crippen molar-refractivity contribution in [3.63, 3.8) is 0 Å². The fourth-order valence-electron chi connectivity index (χ4n) is 3.46. The first-order chi connectivity index (χ1) is 8.04. The first kappa shape index (κ1) is 14.5. The van der Waals surface area contributed by atoms with Gasteiger partial charge in [0.2, 0.25) is 0 Å². The zero-order valence-corrected chi connectivity index (χ0v) is 11.4. The van der Waals surface area contributed by atoms with E-state index in [1.807, 2.05) is 0 Å². The molecule has 0 unspecified atom stereocenters. The molecule has 0 bridgehead atoms. The molecule has 2 nitrogen and oxygen atoms in total. The van der Waals surface area contributed by atoms with Crippen molar-refractivity contribution < 1.29 is 10.5 Å². The Kier molecular flexibility index (Phi) is 4.96. The van der Waals surface area contributed by atoms with Gasteiger partial charge in [0.25, 0.3) is 0 Å². The largest absolute Gasteiger partial charge is 0.255 e. The molecule has 3 atom stereocenters. The summed E-state index contributed by atoms with van der Waals surface area (Å²) in [6.07, 6.45) is 9.21. The molecule has 2 aliphatic carbocycles. The van der Waals surface area contributed by atoms with Crippen LogP contribution in [0.25, 0.3) is 0 Å². The lowest BCUT2D eigenvalue weighted by Crippen LogP contribution is -2.36. The highest BCUT2D eigenvalue weighted by atomic mass is 17.0. The minimum absolute atomic E-state index is 0.486. The van der Waals surface area contributed by atoms with Crippen LogP contribution in [0.4, 0.5) is 0 Å².